The van der Waals surface area contributed by atoms with E-state index in [0.717, 1.165) is 16.7 Å². The highest BCUT2D eigenvalue weighted by molar-refractivity contribution is 5.99. The summed E-state index contributed by atoms with van der Waals surface area (Å²) in [6, 6.07) is 34.9. The number of para-hydroxylation sites is 5. The van der Waals surface area contributed by atoms with Gasteiger partial charge < -0.3 is 61.6 Å². The van der Waals surface area contributed by atoms with Crippen molar-refractivity contribution in [2.75, 3.05) is 13.2 Å². The summed E-state index contributed by atoms with van der Waals surface area (Å²) in [4.78, 5) is 208. The van der Waals surface area contributed by atoms with E-state index in [4.69, 9.17) is 47.4 Å². The van der Waals surface area contributed by atoms with Crippen LogP contribution in [0.4, 0.5) is 0 Å². The molecular formula is C104H140O31. The van der Waals surface area contributed by atoms with Gasteiger partial charge in [0, 0.05) is 128 Å². The number of carbonyl (C=O) groups excluding carboxylic acids is 18. The Morgan fingerprint density at radius 2 is 0.570 bits per heavy atom. The third-order valence-electron chi connectivity index (χ3n) is 18.4. The maximum absolute atomic E-state index is 12.5. The summed E-state index contributed by atoms with van der Waals surface area (Å²) in [5.74, 6) is -5.81. The second kappa shape index (κ2) is 55.6. The molecule has 0 aliphatic rings. The molecule has 0 aliphatic carbocycles. The molecule has 5 rings (SSSR count). The fourth-order valence-electron chi connectivity index (χ4n) is 10.4. The smallest absolute Gasteiger partial charge is 0.352 e. The van der Waals surface area contributed by atoms with E-state index >= 15 is 0 Å². The predicted octanol–water partition coefficient (Wildman–Crippen LogP) is 17.7. The molecule has 0 aromatic heterocycles. The molecule has 31 nitrogen and oxygen atoms in total. The third-order valence-corrected chi connectivity index (χ3v) is 18.4. The van der Waals surface area contributed by atoms with Crippen LogP contribution in [0.2, 0.25) is 0 Å². The average Bonchev–Trinajstić information content (AvgIpc) is 0.806. The van der Waals surface area contributed by atoms with Gasteiger partial charge in [-0.15, -0.1) is 0 Å². The van der Waals surface area contributed by atoms with Crippen LogP contribution in [-0.4, -0.2) is 150 Å². The van der Waals surface area contributed by atoms with Crippen LogP contribution in [0.5, 0.6) is 28.7 Å². The molecule has 5 aromatic rings. The standard InChI is InChI=1S/C20H28O5.C19H26O5.C18H24O5.C18H22O5.C17H20O5.C12H20O6/c1-13(24-14(2)21)18(23)25-16-11-9-8-10-15(16)20(6,7)12-17(22)19(3,4)5;1-13(20)23-12-17(22)24-15-10-8-7-9-14(15)19(5,6)11-16(21)18(2,3)4;2*1-12(22-13(2)19)17(21)23-15-9-7-6-8-14(15)10-11-16(20)18(3,4)5;1-12(18)21-11-16(20)22-14-8-6-5-7-13(14)9-10-15(19)17(2,3)4;1-7(16-8(2)13)10(14)17-9(3)18-11(15)12(4,5)6/h8-11,13H,12H2,1-7H3;7-10H,11-12H2,1-6H3;6-9,12H,10-11H2,1-5H3;6-12H,1-5H3;5-10H,11H2,1-4H3;7,9H,1-6H3/b;;;11-10-;10-9-;. The summed E-state index contributed by atoms with van der Waals surface area (Å²) >= 11 is 0. The number of ether oxygens (including phenoxy) is 13. The minimum absolute atomic E-state index is 0.0338. The number of hydrogen-bond acceptors (Lipinski definition) is 31. The summed E-state index contributed by atoms with van der Waals surface area (Å²) in [5.41, 5.74) is -0.423. The Morgan fingerprint density at radius 3 is 0.896 bits per heavy atom. The highest BCUT2D eigenvalue weighted by Gasteiger charge is 2.36. The molecule has 742 valence electrons. The zero-order valence-corrected chi connectivity index (χ0v) is 84.6. The first-order valence-electron chi connectivity index (χ1n) is 43.7. The van der Waals surface area contributed by atoms with Crippen LogP contribution in [0.15, 0.2) is 133 Å². The molecule has 0 radical (unpaired) electrons. The van der Waals surface area contributed by atoms with Gasteiger partial charge in [0.05, 0.1) is 5.41 Å². The molecule has 5 atom stereocenters. The van der Waals surface area contributed by atoms with Crippen LogP contribution in [-0.2, 0) is 141 Å². The van der Waals surface area contributed by atoms with Crippen molar-refractivity contribution in [2.24, 2.45) is 32.5 Å². The normalized spacial score (nSPS) is 12.5. The van der Waals surface area contributed by atoms with Crippen molar-refractivity contribution in [1.29, 1.82) is 0 Å². The fraction of sp³-hybridized carbons (Fsp3) is 0.500. The Balaban J connectivity index is 0.00000160. The number of ketones is 5. The molecule has 0 fully saturated rings. The van der Waals surface area contributed by atoms with Gasteiger partial charge in [0.2, 0.25) is 6.29 Å². The molecule has 5 unspecified atom stereocenters. The van der Waals surface area contributed by atoms with E-state index in [1.54, 1.807) is 118 Å². The number of rotatable bonds is 32. The summed E-state index contributed by atoms with van der Waals surface area (Å²) in [5, 5.41) is 0. The van der Waals surface area contributed by atoms with Crippen LogP contribution in [0.1, 0.15) is 276 Å². The quantitative estimate of drug-likeness (QED) is 0.0127. The highest BCUT2D eigenvalue weighted by Crippen LogP contribution is 2.39. The van der Waals surface area contributed by atoms with Crippen molar-refractivity contribution in [1.82, 2.24) is 0 Å². The highest BCUT2D eigenvalue weighted by atomic mass is 16.7. The second-order valence-corrected chi connectivity index (χ2v) is 38.7. The summed E-state index contributed by atoms with van der Waals surface area (Å²) < 4.78 is 64.5. The van der Waals surface area contributed by atoms with Gasteiger partial charge in [-0.1, -0.05) is 223 Å². The number of allylic oxidation sites excluding steroid dienone is 2. The summed E-state index contributed by atoms with van der Waals surface area (Å²) in [7, 11) is 0. The van der Waals surface area contributed by atoms with Gasteiger partial charge in [-0.2, -0.15) is 0 Å². The molecular weight excluding hydrogens is 1750 g/mol. The lowest BCUT2D eigenvalue weighted by Gasteiger charge is -2.29. The molecule has 0 N–H and O–H groups in total. The first kappa shape index (κ1) is 122. The van der Waals surface area contributed by atoms with Crippen molar-refractivity contribution in [3.05, 3.63) is 161 Å². The number of Topliss-reactive ketones (excluding diaryl/α,β-unsaturated/α-hetero) is 3. The van der Waals surface area contributed by atoms with E-state index in [-0.39, 0.29) is 28.9 Å². The minimum atomic E-state index is -1.03. The number of carbonyl (C=O) groups is 18. The van der Waals surface area contributed by atoms with Gasteiger partial charge in [-0.3, -0.25) is 57.5 Å². The molecule has 31 heteroatoms. The van der Waals surface area contributed by atoms with Crippen molar-refractivity contribution >= 4 is 119 Å². The van der Waals surface area contributed by atoms with Gasteiger partial charge in [0.15, 0.2) is 49.2 Å². The largest absolute Gasteiger partial charge is 0.454 e. The van der Waals surface area contributed by atoms with Gasteiger partial charge in [0.25, 0.3) is 0 Å². The molecule has 0 bridgehead atoms. The fourth-order valence-corrected chi connectivity index (χ4v) is 10.4. The van der Waals surface area contributed by atoms with E-state index in [2.05, 4.69) is 14.2 Å². The van der Waals surface area contributed by atoms with Crippen molar-refractivity contribution in [3.63, 3.8) is 0 Å². The van der Waals surface area contributed by atoms with Crippen LogP contribution in [0.25, 0.3) is 12.2 Å². The van der Waals surface area contributed by atoms with Crippen LogP contribution in [0, 0.1) is 32.5 Å². The maximum Gasteiger partial charge on any atom is 0.352 e. The molecule has 5 aromatic carbocycles. The Bertz CT molecular complexity index is 4990. The Hall–Kier alpha value is -13.0. The third kappa shape index (κ3) is 50.1. The van der Waals surface area contributed by atoms with E-state index in [1.807, 2.05) is 168 Å². The SMILES string of the molecule is CC(=O)OC(C)C(=O)OC(C)OC(=O)C(C)(C)C.CC(=O)OC(C)C(=O)Oc1ccccc1/C=C\C(=O)C(C)(C)C.CC(=O)OC(C)C(=O)Oc1ccccc1C(C)(C)CC(=O)C(C)(C)C.CC(=O)OC(C)C(=O)Oc1ccccc1CCC(=O)C(C)(C)C.CC(=O)OCC(=O)Oc1ccccc1/C=C\C(=O)C(C)(C)C.CC(=O)OCC(=O)Oc1ccccc1C(C)(C)CC(=O)C(C)(C)C. The molecule has 0 heterocycles. The van der Waals surface area contributed by atoms with E-state index in [1.165, 1.54) is 88.3 Å². The molecule has 0 saturated heterocycles. The lowest BCUT2D eigenvalue weighted by molar-refractivity contribution is -0.197. The summed E-state index contributed by atoms with van der Waals surface area (Å²) in [6.45, 7) is 54.3. The molecule has 0 amide bonds. The van der Waals surface area contributed by atoms with Crippen LogP contribution < -0.4 is 23.7 Å². The van der Waals surface area contributed by atoms with Crippen LogP contribution >= 0.6 is 0 Å². The van der Waals surface area contributed by atoms with Crippen LogP contribution in [0.3, 0.4) is 0 Å². The van der Waals surface area contributed by atoms with Gasteiger partial charge in [-0.25, -0.2) is 28.8 Å². The maximum atomic E-state index is 12.5. The molecule has 0 aliphatic heterocycles. The Labute approximate surface area is 794 Å². The minimum Gasteiger partial charge on any atom is -0.454 e. The lowest BCUT2D eigenvalue weighted by Crippen LogP contribution is -2.33. The number of benzene rings is 5. The first-order valence-corrected chi connectivity index (χ1v) is 43.7. The first-order chi connectivity index (χ1) is 61.7. The molecule has 0 saturated carbocycles. The monoisotopic (exact) mass is 1880 g/mol. The van der Waals surface area contributed by atoms with E-state index in [9.17, 15) is 86.3 Å². The van der Waals surface area contributed by atoms with Crippen molar-refractivity contribution < 1.29 is 148 Å². The molecule has 135 heavy (non-hydrogen) atoms. The number of aryl methyl sites for hydroxylation is 1. The topological polar surface area (TPSA) is 427 Å². The summed E-state index contributed by atoms with van der Waals surface area (Å²) in [6.07, 6.45) is 2.61. The van der Waals surface area contributed by atoms with Gasteiger partial charge in [0.1, 0.15) is 46.1 Å². The van der Waals surface area contributed by atoms with Crippen molar-refractivity contribution in [3.8, 4) is 28.7 Å². The number of hydrogen-bond donors (Lipinski definition) is 0. The lowest BCUT2D eigenvalue weighted by atomic mass is 9.75. The Morgan fingerprint density at radius 1 is 0.289 bits per heavy atom. The van der Waals surface area contributed by atoms with E-state index in [0.29, 0.717) is 65.6 Å². The van der Waals surface area contributed by atoms with Gasteiger partial charge >= 0.3 is 77.6 Å². The van der Waals surface area contributed by atoms with E-state index < -0.39 is 165 Å². The number of esters is 13. The zero-order valence-electron chi connectivity index (χ0n) is 84.6. The zero-order chi connectivity index (χ0) is 104. The average molecular weight is 1890 g/mol. The van der Waals surface area contributed by atoms with Gasteiger partial charge in [-0.05, 0) is 115 Å². The molecule has 0 spiro atoms. The second-order valence-electron chi connectivity index (χ2n) is 38.7. The Kier molecular flexibility index (Phi) is 50.3. The predicted molar refractivity (Wildman–Crippen MR) is 504 cm³/mol. The van der Waals surface area contributed by atoms with Crippen molar-refractivity contribution in [2.45, 2.75) is 296 Å².